The number of aromatic nitrogens is 4. The average molecular weight is 288 g/mol. The summed E-state index contributed by atoms with van der Waals surface area (Å²) in [5.41, 5.74) is 6.48. The molecule has 0 amide bonds. The summed E-state index contributed by atoms with van der Waals surface area (Å²) >= 11 is 0. The van der Waals surface area contributed by atoms with Gasteiger partial charge in [-0.05, 0) is 0 Å². The van der Waals surface area contributed by atoms with Gasteiger partial charge >= 0.3 is 7.60 Å². The van der Waals surface area contributed by atoms with Crippen LogP contribution in [-0.4, -0.2) is 42.3 Å². The Morgan fingerprint density at radius 2 is 2.32 bits per heavy atom. The molecule has 0 aliphatic carbocycles. The molecular weight excluding hydrogens is 275 g/mol. The van der Waals surface area contributed by atoms with E-state index in [1.54, 1.807) is 0 Å². The van der Waals surface area contributed by atoms with Crippen molar-refractivity contribution in [2.45, 2.75) is 6.54 Å². The molecular formula is C8H13N6O4P. The number of H-pyrrole nitrogens is 1. The third-order valence-electron chi connectivity index (χ3n) is 2.33. The Kier molecular flexibility index (Phi) is 3.67. The molecule has 19 heavy (non-hydrogen) atoms. The number of ether oxygens (including phenoxy) is 1. The third kappa shape index (κ3) is 3.18. The van der Waals surface area contributed by atoms with Crippen LogP contribution in [0.1, 0.15) is 0 Å². The molecule has 0 aliphatic rings. The molecule has 0 atom stereocenters. The maximum atomic E-state index is 10.6. The van der Waals surface area contributed by atoms with Gasteiger partial charge in [-0.2, -0.15) is 4.98 Å². The lowest BCUT2D eigenvalue weighted by atomic mass is 10.5. The fourth-order valence-corrected chi connectivity index (χ4v) is 1.93. The van der Waals surface area contributed by atoms with Crippen molar-refractivity contribution >= 4 is 24.6 Å². The zero-order chi connectivity index (χ0) is 14.0. The van der Waals surface area contributed by atoms with E-state index in [2.05, 4.69) is 15.0 Å². The Bertz CT molecular complexity index is 688. The zero-order valence-electron chi connectivity index (χ0n) is 9.78. The van der Waals surface area contributed by atoms with Crippen molar-refractivity contribution < 1.29 is 19.1 Å². The summed E-state index contributed by atoms with van der Waals surface area (Å²) in [4.78, 5) is 27.9. The lowest BCUT2D eigenvalue weighted by Crippen LogP contribution is -2.26. The molecule has 0 saturated heterocycles. The Balaban J connectivity index is 2.15. The lowest BCUT2D eigenvalue weighted by Gasteiger charge is -2.09. The minimum absolute atomic E-state index is 0.0230. The molecule has 0 spiro atoms. The fourth-order valence-electron chi connectivity index (χ4n) is 1.56. The van der Waals surface area contributed by atoms with E-state index < -0.39 is 13.9 Å². The first-order chi connectivity index (χ1) is 8.88. The summed E-state index contributed by atoms with van der Waals surface area (Å²) in [5, 5.41) is 7.70. The normalized spacial score (nSPS) is 12.1. The smallest absolute Gasteiger partial charge is 0.350 e. The Labute approximate surface area is 106 Å². The summed E-state index contributed by atoms with van der Waals surface area (Å²) < 4.78 is 16.9. The van der Waals surface area contributed by atoms with Crippen LogP contribution in [0.3, 0.4) is 0 Å². The third-order valence-corrected chi connectivity index (χ3v) is 2.85. The largest absolute Gasteiger partial charge is 0.382 e. The second-order valence-electron chi connectivity index (χ2n) is 3.78. The van der Waals surface area contributed by atoms with Gasteiger partial charge < -0.3 is 25.2 Å². The van der Waals surface area contributed by atoms with Crippen LogP contribution in [0, 0.1) is 5.41 Å². The first-order valence-corrected chi connectivity index (χ1v) is 7.04. The molecule has 0 aliphatic heterocycles. The molecule has 0 fully saturated rings. The Hall–Kier alpha value is -1.74. The van der Waals surface area contributed by atoms with Crippen LogP contribution < -0.4 is 11.4 Å². The molecule has 0 radical (unpaired) electrons. The van der Waals surface area contributed by atoms with E-state index in [9.17, 15) is 4.57 Å². The highest BCUT2D eigenvalue weighted by Gasteiger charge is 2.13. The van der Waals surface area contributed by atoms with E-state index in [1.807, 2.05) is 0 Å². The van der Waals surface area contributed by atoms with Crippen molar-refractivity contribution in [1.29, 1.82) is 5.41 Å². The van der Waals surface area contributed by atoms with Gasteiger partial charge in [0, 0.05) is 0 Å². The van der Waals surface area contributed by atoms with Crippen LogP contribution in [0.15, 0.2) is 6.33 Å². The van der Waals surface area contributed by atoms with E-state index in [0.29, 0.717) is 11.2 Å². The van der Waals surface area contributed by atoms with Gasteiger partial charge in [0.2, 0.25) is 5.62 Å². The van der Waals surface area contributed by atoms with Crippen molar-refractivity contribution in [2.24, 2.45) is 0 Å². The van der Waals surface area contributed by atoms with Gasteiger partial charge in [0.05, 0.1) is 19.5 Å². The minimum Gasteiger partial charge on any atom is -0.382 e. The van der Waals surface area contributed by atoms with Crippen molar-refractivity contribution in [2.75, 3.05) is 18.7 Å². The van der Waals surface area contributed by atoms with Crippen LogP contribution in [0.5, 0.6) is 0 Å². The predicted molar refractivity (Wildman–Crippen MR) is 65.0 cm³/mol. The molecule has 0 aromatic carbocycles. The molecule has 104 valence electrons. The number of fused-ring (bicyclic) bond motifs is 1. The van der Waals surface area contributed by atoms with Crippen molar-refractivity contribution in [3.63, 3.8) is 0 Å². The van der Waals surface area contributed by atoms with Gasteiger partial charge in [-0.25, -0.2) is 4.98 Å². The molecule has 2 rings (SSSR count). The number of hydrogen-bond donors (Lipinski definition) is 5. The van der Waals surface area contributed by atoms with Crippen LogP contribution >= 0.6 is 7.60 Å². The van der Waals surface area contributed by atoms with Crippen LogP contribution in [0.25, 0.3) is 11.2 Å². The SMILES string of the molecule is N=c1nc(N)c2[nH]cnc2n1CCOCP(=O)(O)O. The molecule has 2 heterocycles. The van der Waals surface area contributed by atoms with Crippen molar-refractivity contribution in [3.8, 4) is 0 Å². The topological polar surface area (TPSA) is 163 Å². The highest BCUT2D eigenvalue weighted by Crippen LogP contribution is 2.33. The molecule has 2 aromatic rings. The number of nitrogens with two attached hydrogens (primary N) is 1. The molecule has 0 unspecified atom stereocenters. The second kappa shape index (κ2) is 5.10. The van der Waals surface area contributed by atoms with Crippen molar-refractivity contribution in [3.05, 3.63) is 11.9 Å². The fraction of sp³-hybridized carbons (Fsp3) is 0.375. The molecule has 0 saturated carbocycles. The highest BCUT2D eigenvalue weighted by atomic mass is 31.2. The molecule has 10 nitrogen and oxygen atoms in total. The molecule has 11 heteroatoms. The van der Waals surface area contributed by atoms with Crippen LogP contribution in [0.2, 0.25) is 0 Å². The van der Waals surface area contributed by atoms with Gasteiger partial charge in [0.25, 0.3) is 0 Å². The Morgan fingerprint density at radius 1 is 1.58 bits per heavy atom. The van der Waals surface area contributed by atoms with Crippen LogP contribution in [0.4, 0.5) is 5.82 Å². The maximum absolute atomic E-state index is 10.6. The van der Waals surface area contributed by atoms with E-state index in [0.717, 1.165) is 0 Å². The lowest BCUT2D eigenvalue weighted by molar-refractivity contribution is 0.148. The summed E-state index contributed by atoms with van der Waals surface area (Å²) in [7, 11) is -4.18. The number of imidazole rings is 1. The van der Waals surface area contributed by atoms with E-state index in [1.165, 1.54) is 10.9 Å². The molecule has 0 bridgehead atoms. The number of anilines is 1. The second-order valence-corrected chi connectivity index (χ2v) is 5.36. The molecule has 6 N–H and O–H groups in total. The van der Waals surface area contributed by atoms with Gasteiger partial charge in [-0.15, -0.1) is 0 Å². The maximum Gasteiger partial charge on any atom is 0.350 e. The number of nitrogen functional groups attached to an aromatic ring is 1. The standard InChI is InChI=1S/C8H13N6O4P/c9-6-5-7(12-3-11-5)14(8(10)13-6)1-2-18-4-19(15,16)17/h3H,1-2,4H2,(H,11,12)(H3,9,10,13)(H2,15,16,17). The highest BCUT2D eigenvalue weighted by molar-refractivity contribution is 7.51. The van der Waals surface area contributed by atoms with Gasteiger partial charge in [0.1, 0.15) is 11.9 Å². The van der Waals surface area contributed by atoms with Gasteiger partial charge in [-0.3, -0.25) is 14.5 Å². The van der Waals surface area contributed by atoms with Crippen LogP contribution in [-0.2, 0) is 15.8 Å². The number of rotatable bonds is 5. The quantitative estimate of drug-likeness (QED) is 0.347. The van der Waals surface area contributed by atoms with Crippen molar-refractivity contribution in [1.82, 2.24) is 19.5 Å². The monoisotopic (exact) mass is 288 g/mol. The average Bonchev–Trinajstić information content (AvgIpc) is 2.75. The summed E-state index contributed by atoms with van der Waals surface area (Å²) in [6.07, 6.45) is 0.766. The minimum atomic E-state index is -4.18. The number of hydrogen-bond acceptors (Lipinski definition) is 6. The number of nitrogens with zero attached hydrogens (tertiary/aromatic N) is 3. The van der Waals surface area contributed by atoms with Gasteiger partial charge in [0.15, 0.2) is 11.5 Å². The molecule has 2 aromatic heterocycles. The summed E-state index contributed by atoms with van der Waals surface area (Å²) in [6.45, 7) is 0.211. The zero-order valence-corrected chi connectivity index (χ0v) is 10.7. The van der Waals surface area contributed by atoms with E-state index in [4.69, 9.17) is 25.7 Å². The first kappa shape index (κ1) is 13.7. The predicted octanol–water partition coefficient (Wildman–Crippen LogP) is -1.03. The number of nitrogens with one attached hydrogen (secondary N) is 2. The number of aromatic amines is 1. The summed E-state index contributed by atoms with van der Waals surface area (Å²) in [5.74, 6) is 0.171. The van der Waals surface area contributed by atoms with E-state index in [-0.39, 0.29) is 24.6 Å². The van der Waals surface area contributed by atoms with E-state index >= 15 is 0 Å². The Morgan fingerprint density at radius 3 is 3.00 bits per heavy atom. The first-order valence-electron chi connectivity index (χ1n) is 5.25. The van der Waals surface area contributed by atoms with Gasteiger partial charge in [-0.1, -0.05) is 0 Å². The summed E-state index contributed by atoms with van der Waals surface area (Å²) in [6, 6.07) is 0.